The van der Waals surface area contributed by atoms with Crippen molar-refractivity contribution in [3.63, 3.8) is 0 Å². The molecule has 3 atom stereocenters. The van der Waals surface area contributed by atoms with Gasteiger partial charge >= 0.3 is 37.1 Å². The Balaban J connectivity index is -0.0000000522. The van der Waals surface area contributed by atoms with Crippen molar-refractivity contribution in [3.05, 3.63) is 0 Å². The van der Waals surface area contributed by atoms with Crippen molar-refractivity contribution < 1.29 is 84.5 Å². The molecular formula is C61H132F18. The first-order valence-electron chi connectivity index (χ1n) is 30.5. The van der Waals surface area contributed by atoms with Gasteiger partial charge in [-0.1, -0.05) is 292 Å². The van der Waals surface area contributed by atoms with Crippen molar-refractivity contribution in [2.75, 3.05) is 0 Å². The Labute approximate surface area is 484 Å². The van der Waals surface area contributed by atoms with Crippen LogP contribution in [0.1, 0.15) is 317 Å². The summed E-state index contributed by atoms with van der Waals surface area (Å²) in [4.78, 5) is 0. The molecule has 0 bridgehead atoms. The van der Waals surface area contributed by atoms with Gasteiger partial charge in [-0.15, -0.1) is 0 Å². The van der Waals surface area contributed by atoms with Gasteiger partial charge in [-0.05, 0) is 36.0 Å². The molecule has 0 nitrogen and oxygen atoms in total. The Morgan fingerprint density at radius 2 is 0.570 bits per heavy atom. The molecule has 0 fully saturated rings. The molecule has 0 amide bonds. The second-order valence-corrected chi connectivity index (χ2v) is 21.3. The zero-order valence-electron chi connectivity index (χ0n) is 60.5. The molecule has 0 aromatic rings. The fourth-order valence-electron chi connectivity index (χ4n) is 1.66. The summed E-state index contributed by atoms with van der Waals surface area (Å²) >= 11 is 0. The van der Waals surface area contributed by atoms with Gasteiger partial charge in [-0.25, -0.2) is 0 Å². The molecule has 0 heterocycles. The summed E-state index contributed by atoms with van der Waals surface area (Å²) in [7, 11) is 0. The Hall–Kier alpha value is -1.26. The molecule has 79 heavy (non-hydrogen) atoms. The van der Waals surface area contributed by atoms with Crippen molar-refractivity contribution in [1.82, 2.24) is 0 Å². The topological polar surface area (TPSA) is 0 Å². The van der Waals surface area contributed by atoms with Gasteiger partial charge in [0, 0.05) is 30.1 Å². The maximum Gasteiger partial charge on any atom is 0.393 e. The van der Waals surface area contributed by atoms with Crippen LogP contribution in [0.15, 0.2) is 0 Å². The maximum absolute atomic E-state index is 11.6. The third-order valence-electron chi connectivity index (χ3n) is 8.17. The van der Waals surface area contributed by atoms with Crippen molar-refractivity contribution in [3.8, 4) is 0 Å². The van der Waals surface area contributed by atoms with E-state index in [0.29, 0.717) is 19.3 Å². The lowest BCUT2D eigenvalue weighted by molar-refractivity contribution is -0.204. The summed E-state index contributed by atoms with van der Waals surface area (Å²) in [5, 5.41) is 0. The summed E-state index contributed by atoms with van der Waals surface area (Å²) in [6.45, 7) is 55.9. The Bertz CT molecular complexity index is 1080. The van der Waals surface area contributed by atoms with Crippen LogP contribution in [-0.4, -0.2) is 37.1 Å². The molecule has 0 aromatic heterocycles. The average molecular weight is 1210 g/mol. The van der Waals surface area contributed by atoms with Crippen molar-refractivity contribution >= 4 is 0 Å². The van der Waals surface area contributed by atoms with Gasteiger partial charge < -0.3 is 0 Å². The molecule has 0 aromatic carbocycles. The first-order chi connectivity index (χ1) is 36.1. The summed E-state index contributed by atoms with van der Waals surface area (Å²) in [5.41, 5.74) is -1.56. The lowest BCUT2D eigenvalue weighted by Crippen LogP contribution is -2.28. The predicted molar refractivity (Wildman–Crippen MR) is 313 cm³/mol. The van der Waals surface area contributed by atoms with Crippen LogP contribution in [0.5, 0.6) is 0 Å². The largest absolute Gasteiger partial charge is 0.393 e. The van der Waals surface area contributed by atoms with E-state index in [1.807, 2.05) is 41.5 Å². The van der Waals surface area contributed by atoms with Crippen molar-refractivity contribution in [2.45, 2.75) is 348 Å². The van der Waals surface area contributed by atoms with E-state index < -0.39 is 79.4 Å². The van der Waals surface area contributed by atoms with Crippen LogP contribution in [0.4, 0.5) is 79.0 Å². The van der Waals surface area contributed by atoms with Gasteiger partial charge in [0.2, 0.25) is 0 Å². The summed E-state index contributed by atoms with van der Waals surface area (Å²) in [6, 6.07) is 0. The number of hydrogen-bond donors (Lipinski definition) is 0. The number of unbranched alkanes of at least 4 members (excludes halogenated alkanes) is 3. The molecule has 0 spiro atoms. The summed E-state index contributed by atoms with van der Waals surface area (Å²) in [6.07, 6.45) is -15.4. The van der Waals surface area contributed by atoms with Gasteiger partial charge in [0.1, 0.15) is 0 Å². The van der Waals surface area contributed by atoms with Gasteiger partial charge in [-0.3, -0.25) is 0 Å². The Morgan fingerprint density at radius 1 is 0.380 bits per heavy atom. The average Bonchev–Trinajstić information content (AvgIpc) is 3.25. The molecule has 0 radical (unpaired) electrons. The molecule has 0 rings (SSSR count). The quantitative estimate of drug-likeness (QED) is 0.191. The third kappa shape index (κ3) is 188. The van der Waals surface area contributed by atoms with Crippen LogP contribution >= 0.6 is 0 Å². The Kier molecular flexibility index (Phi) is 89.7. The molecule has 0 saturated carbocycles. The number of halogens is 18. The molecule has 0 aliphatic heterocycles. The van der Waals surface area contributed by atoms with E-state index in [0.717, 1.165) is 60.3 Å². The molecule has 0 aliphatic carbocycles. The van der Waals surface area contributed by atoms with E-state index in [2.05, 4.69) is 83.1 Å². The van der Waals surface area contributed by atoms with E-state index in [1.165, 1.54) is 58.8 Å². The lowest BCUT2D eigenvalue weighted by Gasteiger charge is -2.21. The van der Waals surface area contributed by atoms with Gasteiger partial charge in [0.15, 0.2) is 0 Å². The summed E-state index contributed by atoms with van der Waals surface area (Å²) in [5.74, 6) is -3.66. The number of hydrogen-bond acceptors (Lipinski definition) is 0. The van der Waals surface area contributed by atoms with Crippen LogP contribution in [-0.2, 0) is 0 Å². The van der Waals surface area contributed by atoms with Gasteiger partial charge in [0.25, 0.3) is 0 Å². The van der Waals surface area contributed by atoms with Crippen LogP contribution in [0, 0.1) is 52.7 Å². The van der Waals surface area contributed by atoms with E-state index >= 15 is 0 Å². The highest BCUT2D eigenvalue weighted by Gasteiger charge is 2.43. The monoisotopic (exact) mass is 1210 g/mol. The summed E-state index contributed by atoms with van der Waals surface area (Å²) < 4.78 is 233. The zero-order chi connectivity index (χ0) is 71.7. The molecule has 0 saturated heterocycles. The molecule has 0 aliphatic rings. The predicted octanol–water partition coefficient (Wildman–Crippen LogP) is 29.2. The minimum Gasteiger partial charge on any atom is -0.171 e. The second-order valence-electron chi connectivity index (χ2n) is 21.3. The standard InChI is InChI=1S/2C6H11F3.2C5H9F3.2C5H12.2C4H7F3.4C4H10.C3H8.C2H6/c2*1-3-5(2)4-6(7,8)9;1-4(2,3)5(6,7)8;1-3-4(2)5(6,7)8;1-4-5(2)3;1-3-5-4-2;2*1-3(2)4(5,6)7;2*1-4(2)3;2*1-3-4-2;1-3-2;1-2/h2*5H,3-4H2,1-2H3;1-3H3;4H,3H2,1-2H3;5H,4H2,1-3H3;3-5H2,1-2H3;2*3H,1-2H3;2*4H,1-3H3;2*3-4H2,1-2H3;3H2,1-2H3;1-2H3/i;;;;;;3D;;4D;;3D2;;;. The van der Waals surface area contributed by atoms with Crippen LogP contribution in [0.2, 0.25) is 0 Å². The van der Waals surface area contributed by atoms with Crippen LogP contribution in [0.25, 0.3) is 0 Å². The fourth-order valence-corrected chi connectivity index (χ4v) is 1.66. The lowest BCUT2D eigenvalue weighted by atomic mass is 9.96. The first kappa shape index (κ1) is 99.8. The van der Waals surface area contributed by atoms with E-state index in [4.69, 9.17) is 5.48 Å². The fraction of sp³-hybridized carbons (Fsp3) is 1.00. The molecule has 3 unspecified atom stereocenters. The first-order valence-corrected chi connectivity index (χ1v) is 28.5. The molecule has 18 heteroatoms. The third-order valence-corrected chi connectivity index (χ3v) is 8.17. The minimum absolute atomic E-state index is 0.170. The highest BCUT2D eigenvalue weighted by atomic mass is 19.4. The normalized spacial score (nSPS) is 13.2. The molecule has 502 valence electrons. The van der Waals surface area contributed by atoms with E-state index in [1.54, 1.807) is 34.6 Å². The highest BCUT2D eigenvalue weighted by molar-refractivity contribution is 4.70. The van der Waals surface area contributed by atoms with Crippen molar-refractivity contribution in [1.29, 1.82) is 0 Å². The molecular weight excluding hydrogens is 1070 g/mol. The number of rotatable bonds is 10. The van der Waals surface area contributed by atoms with Crippen LogP contribution in [0.3, 0.4) is 0 Å². The SMILES string of the molecule is CC.CC(C)(C)C(F)(F)F.CC(C)C.CC(C)C(F)(F)F.CCC.CCC(C)C.CCC(C)C(F)(F)F.CCC(C)CC(F)(F)F.CCC(C)CC(F)(F)F.CCCC.CCCCC.[2H]C(C)(C)C.[2H]C(C)(C)C(F)(F)F.[2H]C([2H])(C)CC. The molecule has 0 N–H and O–H groups in total. The van der Waals surface area contributed by atoms with Crippen molar-refractivity contribution in [2.24, 2.45) is 52.7 Å². The number of alkyl halides is 18. The van der Waals surface area contributed by atoms with E-state index in [-0.39, 0.29) is 24.2 Å². The van der Waals surface area contributed by atoms with Gasteiger partial charge in [-0.2, -0.15) is 79.0 Å². The van der Waals surface area contributed by atoms with Crippen LogP contribution < -0.4 is 0 Å². The highest BCUT2D eigenvalue weighted by Crippen LogP contribution is 2.36. The smallest absolute Gasteiger partial charge is 0.171 e. The zero-order valence-corrected chi connectivity index (χ0v) is 56.5. The second kappa shape index (κ2) is 71.0. The van der Waals surface area contributed by atoms with E-state index in [9.17, 15) is 79.0 Å². The van der Waals surface area contributed by atoms with Gasteiger partial charge in [0.05, 0.1) is 11.3 Å². The minimum atomic E-state index is -4.40. The maximum atomic E-state index is 11.6. The Morgan fingerprint density at radius 3 is 0.582 bits per heavy atom.